The number of methoxy groups -OCH3 is 1. The molecule has 1 aliphatic rings. The van der Waals surface area contributed by atoms with Crippen molar-refractivity contribution >= 4 is 11.8 Å². The number of thioether (sulfide) groups is 1. The maximum absolute atomic E-state index is 10.4. The van der Waals surface area contributed by atoms with Gasteiger partial charge in [-0.15, -0.1) is 0 Å². The van der Waals surface area contributed by atoms with Crippen LogP contribution >= 0.6 is 11.8 Å². The zero-order chi connectivity index (χ0) is 13.7. The zero-order valence-electron chi connectivity index (χ0n) is 11.6. The van der Waals surface area contributed by atoms with Crippen LogP contribution in [0.3, 0.4) is 0 Å². The van der Waals surface area contributed by atoms with Gasteiger partial charge in [-0.25, -0.2) is 0 Å². The fourth-order valence-electron chi connectivity index (χ4n) is 2.42. The van der Waals surface area contributed by atoms with Gasteiger partial charge in [0, 0.05) is 17.8 Å². The number of hydrogen-bond donors (Lipinski definition) is 2. The lowest BCUT2D eigenvalue weighted by molar-refractivity contribution is 0.130. The van der Waals surface area contributed by atoms with Gasteiger partial charge in [0.05, 0.1) is 13.2 Å². The SMILES string of the molecule is COc1ccc([C@H](O)[C@H](C)N[C@H]2CCCSC2)cc1. The van der Waals surface area contributed by atoms with Crippen LogP contribution in [0.4, 0.5) is 0 Å². The lowest BCUT2D eigenvalue weighted by atomic mass is 10.0. The van der Waals surface area contributed by atoms with Crippen molar-refractivity contribution in [2.24, 2.45) is 0 Å². The maximum Gasteiger partial charge on any atom is 0.118 e. The average Bonchev–Trinajstić information content (AvgIpc) is 2.47. The molecule has 0 aliphatic carbocycles. The van der Waals surface area contributed by atoms with Gasteiger partial charge in [0.1, 0.15) is 5.75 Å². The van der Waals surface area contributed by atoms with Crippen LogP contribution in [0.5, 0.6) is 5.75 Å². The van der Waals surface area contributed by atoms with E-state index in [0.29, 0.717) is 6.04 Å². The van der Waals surface area contributed by atoms with Crippen molar-refractivity contribution in [2.45, 2.75) is 38.0 Å². The highest BCUT2D eigenvalue weighted by Crippen LogP contribution is 2.22. The Morgan fingerprint density at radius 3 is 2.68 bits per heavy atom. The van der Waals surface area contributed by atoms with Crippen molar-refractivity contribution in [3.8, 4) is 5.75 Å². The van der Waals surface area contributed by atoms with Crippen LogP contribution in [-0.2, 0) is 0 Å². The Morgan fingerprint density at radius 1 is 1.37 bits per heavy atom. The van der Waals surface area contributed by atoms with Gasteiger partial charge in [-0.05, 0) is 43.2 Å². The van der Waals surface area contributed by atoms with E-state index in [1.807, 2.05) is 43.0 Å². The lowest BCUT2D eigenvalue weighted by Crippen LogP contribution is -2.42. The van der Waals surface area contributed by atoms with Crippen LogP contribution in [0.25, 0.3) is 0 Å². The van der Waals surface area contributed by atoms with Crippen LogP contribution in [0, 0.1) is 0 Å². The first-order valence-corrected chi connectivity index (χ1v) is 8.02. The Bertz CT molecular complexity index is 376. The third kappa shape index (κ3) is 4.13. The third-order valence-corrected chi connectivity index (χ3v) is 4.81. The molecule has 106 valence electrons. The minimum Gasteiger partial charge on any atom is -0.497 e. The van der Waals surface area contributed by atoms with E-state index in [1.54, 1.807) is 7.11 Å². The summed E-state index contributed by atoms with van der Waals surface area (Å²) in [5, 5.41) is 13.9. The maximum atomic E-state index is 10.4. The van der Waals surface area contributed by atoms with Gasteiger partial charge in [-0.1, -0.05) is 12.1 Å². The Kier molecular flexibility index (Phi) is 5.55. The molecule has 1 saturated heterocycles. The highest BCUT2D eigenvalue weighted by Gasteiger charge is 2.21. The smallest absolute Gasteiger partial charge is 0.118 e. The molecule has 1 aromatic carbocycles. The van der Waals surface area contributed by atoms with Crippen LogP contribution < -0.4 is 10.1 Å². The molecule has 0 radical (unpaired) electrons. The first-order valence-electron chi connectivity index (χ1n) is 6.86. The zero-order valence-corrected chi connectivity index (χ0v) is 12.5. The van der Waals surface area contributed by atoms with Gasteiger partial charge in [-0.3, -0.25) is 0 Å². The van der Waals surface area contributed by atoms with Crippen molar-refractivity contribution in [1.82, 2.24) is 5.32 Å². The number of hydrogen-bond acceptors (Lipinski definition) is 4. The summed E-state index contributed by atoms with van der Waals surface area (Å²) in [5.41, 5.74) is 0.935. The second-order valence-electron chi connectivity index (χ2n) is 5.09. The molecule has 0 saturated carbocycles. The molecule has 3 nitrogen and oxygen atoms in total. The van der Waals surface area contributed by atoms with Crippen molar-refractivity contribution in [2.75, 3.05) is 18.6 Å². The van der Waals surface area contributed by atoms with E-state index in [-0.39, 0.29) is 6.04 Å². The molecular formula is C15H23NO2S. The molecule has 0 unspecified atom stereocenters. The minimum absolute atomic E-state index is 0.0668. The standard InChI is InChI=1S/C15H23NO2S/c1-11(16-13-4-3-9-19-10-13)15(17)12-5-7-14(18-2)8-6-12/h5-8,11,13,15-17H,3-4,9-10H2,1-2H3/t11-,13-,15+/m0/s1. The van der Waals surface area contributed by atoms with Gasteiger partial charge in [-0.2, -0.15) is 11.8 Å². The molecular weight excluding hydrogens is 258 g/mol. The van der Waals surface area contributed by atoms with E-state index in [1.165, 1.54) is 18.6 Å². The fourth-order valence-corrected chi connectivity index (χ4v) is 3.51. The van der Waals surface area contributed by atoms with Gasteiger partial charge >= 0.3 is 0 Å². The predicted octanol–water partition coefficient (Wildman–Crippen LogP) is 2.60. The van der Waals surface area contributed by atoms with E-state index in [9.17, 15) is 5.11 Å². The van der Waals surface area contributed by atoms with Gasteiger partial charge in [0.15, 0.2) is 0 Å². The first-order chi connectivity index (χ1) is 9.20. The molecule has 1 aliphatic heterocycles. The molecule has 19 heavy (non-hydrogen) atoms. The number of nitrogens with one attached hydrogen (secondary N) is 1. The van der Waals surface area contributed by atoms with E-state index < -0.39 is 6.10 Å². The Balaban J connectivity index is 1.91. The molecule has 4 heteroatoms. The van der Waals surface area contributed by atoms with E-state index in [2.05, 4.69) is 5.32 Å². The molecule has 2 rings (SSSR count). The van der Waals surface area contributed by atoms with Crippen LogP contribution in [0.2, 0.25) is 0 Å². The normalized spacial score (nSPS) is 22.8. The average molecular weight is 281 g/mol. The summed E-state index contributed by atoms with van der Waals surface area (Å²) in [6, 6.07) is 8.23. The summed E-state index contributed by atoms with van der Waals surface area (Å²) in [5.74, 6) is 3.24. The molecule has 1 aromatic rings. The summed E-state index contributed by atoms with van der Waals surface area (Å²) in [6.45, 7) is 2.05. The fraction of sp³-hybridized carbons (Fsp3) is 0.600. The van der Waals surface area contributed by atoms with Crippen LogP contribution in [0.15, 0.2) is 24.3 Å². The van der Waals surface area contributed by atoms with Gasteiger partial charge < -0.3 is 15.2 Å². The molecule has 0 aromatic heterocycles. The van der Waals surface area contributed by atoms with Gasteiger partial charge in [0.25, 0.3) is 0 Å². The lowest BCUT2D eigenvalue weighted by Gasteiger charge is -2.29. The first kappa shape index (κ1) is 14.7. The largest absolute Gasteiger partial charge is 0.497 e. The van der Waals surface area contributed by atoms with Gasteiger partial charge in [0.2, 0.25) is 0 Å². The minimum atomic E-state index is -0.474. The predicted molar refractivity (Wildman–Crippen MR) is 80.9 cm³/mol. The summed E-state index contributed by atoms with van der Waals surface area (Å²) >= 11 is 2.00. The number of benzene rings is 1. The summed E-state index contributed by atoms with van der Waals surface area (Å²) < 4.78 is 5.13. The summed E-state index contributed by atoms with van der Waals surface area (Å²) in [7, 11) is 1.65. The third-order valence-electron chi connectivity index (χ3n) is 3.59. The Morgan fingerprint density at radius 2 is 2.11 bits per heavy atom. The summed E-state index contributed by atoms with van der Waals surface area (Å²) in [4.78, 5) is 0. The Hall–Kier alpha value is -0.710. The number of rotatable bonds is 5. The van der Waals surface area contributed by atoms with Crippen LogP contribution in [0.1, 0.15) is 31.4 Å². The molecule has 1 fully saturated rings. The number of aliphatic hydroxyl groups is 1. The second-order valence-corrected chi connectivity index (χ2v) is 6.24. The number of aliphatic hydroxyl groups excluding tert-OH is 1. The van der Waals surface area contributed by atoms with Crippen molar-refractivity contribution in [1.29, 1.82) is 0 Å². The summed E-state index contributed by atoms with van der Waals surface area (Å²) in [6.07, 6.45) is 2.01. The highest BCUT2D eigenvalue weighted by atomic mass is 32.2. The van der Waals surface area contributed by atoms with Crippen molar-refractivity contribution < 1.29 is 9.84 Å². The molecule has 0 spiro atoms. The molecule has 3 atom stereocenters. The quantitative estimate of drug-likeness (QED) is 0.870. The van der Waals surface area contributed by atoms with Crippen molar-refractivity contribution in [3.05, 3.63) is 29.8 Å². The molecule has 0 bridgehead atoms. The monoisotopic (exact) mass is 281 g/mol. The molecule has 1 heterocycles. The topological polar surface area (TPSA) is 41.5 Å². The van der Waals surface area contributed by atoms with E-state index >= 15 is 0 Å². The number of ether oxygens (including phenoxy) is 1. The van der Waals surface area contributed by atoms with Crippen molar-refractivity contribution in [3.63, 3.8) is 0 Å². The van der Waals surface area contributed by atoms with E-state index in [4.69, 9.17) is 4.74 Å². The Labute approximate surface area is 119 Å². The van der Waals surface area contributed by atoms with E-state index in [0.717, 1.165) is 17.1 Å². The molecule has 0 amide bonds. The molecule has 2 N–H and O–H groups in total. The highest BCUT2D eigenvalue weighted by molar-refractivity contribution is 7.99. The van der Waals surface area contributed by atoms with Crippen LogP contribution in [-0.4, -0.2) is 35.8 Å². The second kappa shape index (κ2) is 7.17.